The van der Waals surface area contributed by atoms with Gasteiger partial charge in [0.1, 0.15) is 0 Å². The standard InChI is InChI=1S/5CH4N2S.3ClH/c5*2-1(3)4;;;/h5*(H4,2,3,4);3*1H. The number of thiocarbonyl (C=S) groups is 5. The van der Waals surface area contributed by atoms with Gasteiger partial charge in [-0.15, -0.1) is 0 Å². The van der Waals surface area contributed by atoms with E-state index >= 15 is 0 Å². The second-order valence-electron chi connectivity index (χ2n) is 2.20. The van der Waals surface area contributed by atoms with E-state index in [0.717, 1.165) is 0 Å². The molecule has 0 rings (SSSR count). The van der Waals surface area contributed by atoms with Crippen molar-refractivity contribution in [3.8, 4) is 0 Å². The quantitative estimate of drug-likeness (QED) is 0.142. The molecule has 0 unspecified atom stereocenters. The van der Waals surface area contributed by atoms with Crippen molar-refractivity contribution in [2.75, 3.05) is 0 Å². The van der Waals surface area contributed by atoms with Crippen LogP contribution in [0.3, 0.4) is 0 Å². The number of hydrogen-bond acceptors (Lipinski definition) is 5. The Labute approximate surface area is 180 Å². The number of quaternary nitrogens is 3. The number of rotatable bonds is 0. The van der Waals surface area contributed by atoms with Gasteiger partial charge in [0.05, 0.1) is 0 Å². The molecule has 0 heterocycles. The summed E-state index contributed by atoms with van der Waals surface area (Å²) in [6.07, 6.45) is 0. The van der Waals surface area contributed by atoms with Gasteiger partial charge in [0.15, 0.2) is 10.2 Å². The summed E-state index contributed by atoms with van der Waals surface area (Å²) in [4.78, 5) is 0. The van der Waals surface area contributed by atoms with Gasteiger partial charge in [-0.3, -0.25) is 0 Å². The average molecular weight is 490 g/mol. The van der Waals surface area contributed by atoms with Crippen LogP contribution in [-0.2, 0) is 0 Å². The van der Waals surface area contributed by atoms with Crippen LogP contribution in [0.15, 0.2) is 0 Å². The van der Waals surface area contributed by atoms with Gasteiger partial charge >= 0.3 is 0 Å². The van der Waals surface area contributed by atoms with Crippen molar-refractivity contribution in [2.24, 2.45) is 40.1 Å². The summed E-state index contributed by atoms with van der Waals surface area (Å²) >= 11 is 20.8. The van der Waals surface area contributed by atoms with Crippen LogP contribution in [0.4, 0.5) is 0 Å². The lowest BCUT2D eigenvalue weighted by Crippen LogP contribution is -3.00. The van der Waals surface area contributed by atoms with E-state index in [1.807, 2.05) is 0 Å². The summed E-state index contributed by atoms with van der Waals surface area (Å²) in [5, 5.41) is 0.750. The van der Waals surface area contributed by atoms with Gasteiger partial charge in [-0.25, -0.2) is 0 Å². The minimum absolute atomic E-state index is 0. The van der Waals surface area contributed by atoms with E-state index in [4.69, 9.17) is 17.2 Å². The predicted octanol–water partition coefficient (Wildman–Crippen LogP) is -15.2. The molecule has 0 aromatic rings. The Morgan fingerprint density at radius 3 is 0.435 bits per heavy atom. The summed E-state index contributed by atoms with van der Waals surface area (Å²) in [5.74, 6) is 0. The van der Waals surface area contributed by atoms with E-state index in [-0.39, 0.29) is 62.8 Å². The molecule has 10 nitrogen and oxygen atoms in total. The van der Waals surface area contributed by atoms with Gasteiger partial charge in [0.25, 0.3) is 15.3 Å². The number of halogens is 3. The molecule has 0 saturated carbocycles. The summed E-state index contributed by atoms with van der Waals surface area (Å²) in [6.45, 7) is 0. The average Bonchev–Trinajstić information content (AvgIpc) is 1.94. The van der Waals surface area contributed by atoms with Crippen molar-refractivity contribution in [3.05, 3.63) is 0 Å². The Morgan fingerprint density at radius 1 is 0.435 bits per heavy atom. The molecule has 23 heavy (non-hydrogen) atoms. The van der Waals surface area contributed by atoms with E-state index < -0.39 is 0 Å². The maximum absolute atomic E-state index is 4.73. The van der Waals surface area contributed by atoms with Crippen LogP contribution >= 0.6 is 61.1 Å². The normalized spacial score (nSPS) is 5.35. The molecule has 0 fully saturated rings. The summed E-state index contributed by atoms with van der Waals surface area (Å²) in [6, 6.07) is 0. The smallest absolute Gasteiger partial charge is 0.262 e. The van der Waals surface area contributed by atoms with Gasteiger partial charge in [0, 0.05) is 36.7 Å². The number of hydrogen-bond donors (Lipinski definition) is 10. The largest absolute Gasteiger partial charge is 1.00 e. The van der Waals surface area contributed by atoms with Crippen molar-refractivity contribution in [3.63, 3.8) is 0 Å². The first-order valence-corrected chi connectivity index (χ1v) is 6.14. The highest BCUT2D eigenvalue weighted by molar-refractivity contribution is 7.80. The molecule has 18 heteroatoms. The Bertz CT molecular complexity index is 228. The van der Waals surface area contributed by atoms with Crippen LogP contribution in [-0.4, -0.2) is 25.6 Å². The molecule has 144 valence electrons. The molecule has 0 aliphatic heterocycles. The van der Waals surface area contributed by atoms with E-state index in [0.29, 0.717) is 0 Å². The third-order valence-corrected chi connectivity index (χ3v) is 0. The molecule has 0 atom stereocenters. The first kappa shape index (κ1) is 49.5. The topological polar surface area (TPSA) is 265 Å². The first-order chi connectivity index (χ1) is 8.66. The molecule has 0 radical (unpaired) electrons. The van der Waals surface area contributed by atoms with Crippen molar-refractivity contribution >= 4 is 86.7 Å². The van der Waals surface area contributed by atoms with Crippen molar-refractivity contribution < 1.29 is 54.4 Å². The molecule has 0 amide bonds. The molecule has 0 spiro atoms. The number of nitrogens with two attached hydrogens (primary N) is 7. The monoisotopic (exact) mass is 488 g/mol. The fourth-order valence-corrected chi connectivity index (χ4v) is 0. The molecule has 0 bridgehead atoms. The SMILES string of the molecule is NC(N)=S.NC(N)=S.NC([NH3+])=S.NC([NH3+])=S.NC([NH3+])=S.[Cl-].[Cl-].[Cl-]. The Morgan fingerprint density at radius 2 is 0.435 bits per heavy atom. The molecule has 0 aliphatic carbocycles. The zero-order valence-corrected chi connectivity index (χ0v) is 18.2. The van der Waals surface area contributed by atoms with Gasteiger partial charge in [-0.05, 0) is 24.4 Å². The molecule has 23 N–H and O–H groups in total. The molecule has 0 aliphatic rings. The molecule has 0 aromatic carbocycles. The Balaban J connectivity index is -0.0000000197. The van der Waals surface area contributed by atoms with Crippen LogP contribution in [0, 0.1) is 0 Å². The second-order valence-corrected chi connectivity index (χ2v) is 4.72. The Hall–Kier alpha value is -0.200. The summed E-state index contributed by atoms with van der Waals surface area (Å²) in [5.41, 5.74) is 42.1. The minimum atomic E-state index is 0. The second kappa shape index (κ2) is 43.1. The van der Waals surface area contributed by atoms with Crippen molar-refractivity contribution in [2.45, 2.75) is 0 Å². The zero-order chi connectivity index (χ0) is 17.9. The van der Waals surface area contributed by atoms with Crippen LogP contribution in [0.1, 0.15) is 0 Å². The van der Waals surface area contributed by atoms with Crippen LogP contribution < -0.4 is 94.6 Å². The molecular weight excluding hydrogens is 467 g/mol. The molecule has 0 saturated heterocycles. The van der Waals surface area contributed by atoms with Gasteiger partial charge in [-0.2, -0.15) is 0 Å². The van der Waals surface area contributed by atoms with E-state index in [9.17, 15) is 0 Å². The molecular formula is C5H23Cl3N10S5. The maximum atomic E-state index is 4.73. The van der Waals surface area contributed by atoms with E-state index in [2.05, 4.69) is 101 Å². The third kappa shape index (κ3) is 214000. The maximum Gasteiger partial charge on any atom is 0.262 e. The highest BCUT2D eigenvalue weighted by Crippen LogP contribution is 1.33. The lowest BCUT2D eigenvalue weighted by molar-refractivity contribution is -0.211. The van der Waals surface area contributed by atoms with E-state index in [1.165, 1.54) is 0 Å². The fraction of sp³-hybridized carbons (Fsp3) is 0. The van der Waals surface area contributed by atoms with Crippen molar-refractivity contribution in [1.29, 1.82) is 0 Å². The third-order valence-electron chi connectivity index (χ3n) is 0. The fourth-order valence-electron chi connectivity index (χ4n) is 0. The Kier molecular flexibility index (Phi) is 92.6. The zero-order valence-electron chi connectivity index (χ0n) is 11.8. The summed E-state index contributed by atoms with van der Waals surface area (Å²) in [7, 11) is 0. The van der Waals surface area contributed by atoms with Gasteiger partial charge in [-0.1, -0.05) is 0 Å². The van der Waals surface area contributed by atoms with Crippen LogP contribution in [0.5, 0.6) is 0 Å². The van der Waals surface area contributed by atoms with E-state index in [1.54, 1.807) is 0 Å². The van der Waals surface area contributed by atoms with Crippen molar-refractivity contribution in [1.82, 2.24) is 0 Å². The lowest BCUT2D eigenvalue weighted by atomic mass is 11.3. The van der Waals surface area contributed by atoms with Crippen LogP contribution in [0.2, 0.25) is 0 Å². The molecule has 0 aromatic heterocycles. The van der Waals surface area contributed by atoms with Gasteiger partial charge < -0.3 is 94.6 Å². The highest BCUT2D eigenvalue weighted by Gasteiger charge is 1.62. The minimum Gasteiger partial charge on any atom is -1.00 e. The lowest BCUT2D eigenvalue weighted by Gasteiger charge is -1.68. The summed E-state index contributed by atoms with van der Waals surface area (Å²) < 4.78 is 0. The van der Waals surface area contributed by atoms with Crippen LogP contribution in [0.25, 0.3) is 0 Å². The first-order valence-electron chi connectivity index (χ1n) is 4.10. The highest BCUT2D eigenvalue weighted by atomic mass is 35.5. The van der Waals surface area contributed by atoms with Gasteiger partial charge in [0.2, 0.25) is 0 Å². The predicted molar refractivity (Wildman–Crippen MR) is 101 cm³/mol.